The number of benzene rings is 1. The van der Waals surface area contributed by atoms with E-state index in [2.05, 4.69) is 22.4 Å². The molecule has 0 saturated heterocycles. The molecule has 1 N–H and O–H groups in total. The summed E-state index contributed by atoms with van der Waals surface area (Å²) in [5, 5.41) is 11.5. The maximum absolute atomic E-state index is 13.2. The quantitative estimate of drug-likeness (QED) is 0.916. The SMILES string of the molecule is CCn1cnnc1CNC1CCc2cc(F)ccc21. The summed E-state index contributed by atoms with van der Waals surface area (Å²) in [6.45, 7) is 3.63. The van der Waals surface area contributed by atoms with Crippen molar-refractivity contribution in [1.29, 1.82) is 0 Å². The molecule has 0 spiro atoms. The van der Waals surface area contributed by atoms with Crippen LogP contribution in [0.4, 0.5) is 4.39 Å². The van der Waals surface area contributed by atoms with Gasteiger partial charge in [0.2, 0.25) is 0 Å². The molecule has 0 radical (unpaired) electrons. The van der Waals surface area contributed by atoms with Crippen LogP contribution in [0.5, 0.6) is 0 Å². The second-order valence-electron chi connectivity index (χ2n) is 4.85. The molecule has 1 atom stereocenters. The molecule has 1 heterocycles. The zero-order valence-corrected chi connectivity index (χ0v) is 10.9. The van der Waals surface area contributed by atoms with E-state index >= 15 is 0 Å². The van der Waals surface area contributed by atoms with Gasteiger partial charge in [-0.2, -0.15) is 0 Å². The number of nitrogens with zero attached hydrogens (tertiary/aromatic N) is 3. The van der Waals surface area contributed by atoms with E-state index in [1.165, 1.54) is 11.6 Å². The summed E-state index contributed by atoms with van der Waals surface area (Å²) in [5.74, 6) is 0.795. The molecule has 0 bridgehead atoms. The Morgan fingerprint density at radius 3 is 3.21 bits per heavy atom. The van der Waals surface area contributed by atoms with Crippen LogP contribution in [0.25, 0.3) is 0 Å². The molecule has 3 rings (SSSR count). The van der Waals surface area contributed by atoms with Gasteiger partial charge in [0.15, 0.2) is 0 Å². The van der Waals surface area contributed by atoms with E-state index in [-0.39, 0.29) is 11.9 Å². The molecule has 19 heavy (non-hydrogen) atoms. The second-order valence-corrected chi connectivity index (χ2v) is 4.85. The van der Waals surface area contributed by atoms with E-state index in [9.17, 15) is 4.39 Å². The van der Waals surface area contributed by atoms with Crippen LogP contribution < -0.4 is 5.32 Å². The van der Waals surface area contributed by atoms with Gasteiger partial charge in [-0.3, -0.25) is 0 Å². The number of rotatable bonds is 4. The summed E-state index contributed by atoms with van der Waals surface area (Å²) in [4.78, 5) is 0. The predicted octanol–water partition coefficient (Wildman–Crippen LogP) is 2.21. The molecular formula is C14H17FN4. The summed E-state index contributed by atoms with van der Waals surface area (Å²) in [6, 6.07) is 5.36. The van der Waals surface area contributed by atoms with Gasteiger partial charge >= 0.3 is 0 Å². The molecule has 1 aliphatic rings. The lowest BCUT2D eigenvalue weighted by Crippen LogP contribution is -2.21. The fourth-order valence-electron chi connectivity index (χ4n) is 2.69. The van der Waals surface area contributed by atoms with Crippen LogP contribution in [0.2, 0.25) is 0 Å². The van der Waals surface area contributed by atoms with Crippen molar-refractivity contribution in [2.24, 2.45) is 0 Å². The van der Waals surface area contributed by atoms with E-state index < -0.39 is 0 Å². The predicted molar refractivity (Wildman–Crippen MR) is 70.0 cm³/mol. The smallest absolute Gasteiger partial charge is 0.146 e. The van der Waals surface area contributed by atoms with Gasteiger partial charge < -0.3 is 9.88 Å². The maximum atomic E-state index is 13.2. The molecule has 2 aromatic rings. The minimum atomic E-state index is -0.148. The van der Waals surface area contributed by atoms with Crippen molar-refractivity contribution in [1.82, 2.24) is 20.1 Å². The Morgan fingerprint density at radius 1 is 1.47 bits per heavy atom. The van der Waals surface area contributed by atoms with E-state index in [1.807, 2.05) is 10.6 Å². The highest BCUT2D eigenvalue weighted by atomic mass is 19.1. The van der Waals surface area contributed by atoms with Crippen molar-refractivity contribution in [2.75, 3.05) is 0 Å². The molecule has 1 aromatic heterocycles. The van der Waals surface area contributed by atoms with Gasteiger partial charge in [0.05, 0.1) is 6.54 Å². The zero-order valence-electron chi connectivity index (χ0n) is 10.9. The van der Waals surface area contributed by atoms with E-state index in [4.69, 9.17) is 0 Å². The lowest BCUT2D eigenvalue weighted by Gasteiger charge is -2.14. The molecule has 0 amide bonds. The van der Waals surface area contributed by atoms with Crippen molar-refractivity contribution < 1.29 is 4.39 Å². The van der Waals surface area contributed by atoms with Gasteiger partial charge in [0.1, 0.15) is 18.0 Å². The third-order valence-corrected chi connectivity index (χ3v) is 3.73. The normalized spacial score (nSPS) is 17.7. The minimum Gasteiger partial charge on any atom is -0.317 e. The highest BCUT2D eigenvalue weighted by Crippen LogP contribution is 2.31. The average molecular weight is 260 g/mol. The van der Waals surface area contributed by atoms with Crippen LogP contribution in [0, 0.1) is 5.82 Å². The number of halogens is 1. The van der Waals surface area contributed by atoms with E-state index in [0.717, 1.165) is 30.8 Å². The number of fused-ring (bicyclic) bond motifs is 1. The van der Waals surface area contributed by atoms with Gasteiger partial charge in [0.25, 0.3) is 0 Å². The van der Waals surface area contributed by atoms with Crippen LogP contribution in [-0.2, 0) is 19.5 Å². The minimum absolute atomic E-state index is 0.148. The number of hydrogen-bond donors (Lipinski definition) is 1. The monoisotopic (exact) mass is 260 g/mol. The first-order valence-corrected chi connectivity index (χ1v) is 6.66. The summed E-state index contributed by atoms with van der Waals surface area (Å²) in [6.07, 6.45) is 3.69. The Bertz CT molecular complexity index is 579. The van der Waals surface area contributed by atoms with Crippen molar-refractivity contribution >= 4 is 0 Å². The average Bonchev–Trinajstić information content (AvgIpc) is 3.01. The number of nitrogens with one attached hydrogen (secondary N) is 1. The summed E-state index contributed by atoms with van der Waals surface area (Å²) >= 11 is 0. The first-order valence-electron chi connectivity index (χ1n) is 6.66. The van der Waals surface area contributed by atoms with Crippen molar-refractivity contribution in [3.63, 3.8) is 0 Å². The molecule has 0 fully saturated rings. The van der Waals surface area contributed by atoms with Gasteiger partial charge in [-0.15, -0.1) is 10.2 Å². The van der Waals surface area contributed by atoms with Crippen LogP contribution >= 0.6 is 0 Å². The first-order chi connectivity index (χ1) is 9.28. The molecule has 100 valence electrons. The lowest BCUT2D eigenvalue weighted by atomic mass is 10.1. The Hall–Kier alpha value is -1.75. The fourth-order valence-corrected chi connectivity index (χ4v) is 2.69. The Labute approximate surface area is 111 Å². The molecule has 1 aromatic carbocycles. The van der Waals surface area contributed by atoms with E-state index in [0.29, 0.717) is 6.54 Å². The summed E-state index contributed by atoms with van der Waals surface area (Å²) < 4.78 is 15.2. The summed E-state index contributed by atoms with van der Waals surface area (Å²) in [5.41, 5.74) is 2.33. The Kier molecular flexibility index (Phi) is 3.29. The molecule has 5 heteroatoms. The van der Waals surface area contributed by atoms with Crippen LogP contribution in [0.15, 0.2) is 24.5 Å². The molecule has 1 aliphatic carbocycles. The van der Waals surface area contributed by atoms with Crippen molar-refractivity contribution in [3.05, 3.63) is 47.3 Å². The molecule has 4 nitrogen and oxygen atoms in total. The van der Waals surface area contributed by atoms with Gasteiger partial charge in [-0.25, -0.2) is 4.39 Å². The van der Waals surface area contributed by atoms with Gasteiger partial charge in [-0.05, 0) is 43.0 Å². The first kappa shape index (κ1) is 12.3. The largest absolute Gasteiger partial charge is 0.317 e. The second kappa shape index (κ2) is 5.09. The van der Waals surface area contributed by atoms with Crippen molar-refractivity contribution in [2.45, 2.75) is 38.9 Å². The number of hydrogen-bond acceptors (Lipinski definition) is 3. The van der Waals surface area contributed by atoms with Crippen LogP contribution in [0.1, 0.15) is 36.3 Å². The molecule has 0 aliphatic heterocycles. The Morgan fingerprint density at radius 2 is 2.37 bits per heavy atom. The molecular weight excluding hydrogens is 243 g/mol. The van der Waals surface area contributed by atoms with Gasteiger partial charge in [0, 0.05) is 12.6 Å². The zero-order chi connectivity index (χ0) is 13.2. The van der Waals surface area contributed by atoms with Crippen molar-refractivity contribution in [3.8, 4) is 0 Å². The molecule has 1 unspecified atom stereocenters. The topological polar surface area (TPSA) is 42.7 Å². The number of aromatic nitrogens is 3. The third-order valence-electron chi connectivity index (χ3n) is 3.73. The number of aryl methyl sites for hydroxylation is 2. The van der Waals surface area contributed by atoms with E-state index in [1.54, 1.807) is 12.4 Å². The highest BCUT2D eigenvalue weighted by molar-refractivity contribution is 5.34. The van der Waals surface area contributed by atoms with Crippen LogP contribution in [0.3, 0.4) is 0 Å². The highest BCUT2D eigenvalue weighted by Gasteiger charge is 2.22. The Balaban J connectivity index is 1.70. The summed E-state index contributed by atoms with van der Waals surface area (Å²) in [7, 11) is 0. The van der Waals surface area contributed by atoms with Gasteiger partial charge in [-0.1, -0.05) is 6.07 Å². The third kappa shape index (κ3) is 2.38. The lowest BCUT2D eigenvalue weighted by molar-refractivity contribution is 0.506. The fraction of sp³-hybridized carbons (Fsp3) is 0.429. The molecule has 0 saturated carbocycles. The van der Waals surface area contributed by atoms with Crippen LogP contribution in [-0.4, -0.2) is 14.8 Å². The standard InChI is InChI=1S/C14H17FN4/c1-2-19-9-17-18-14(19)8-16-13-6-3-10-7-11(15)4-5-12(10)13/h4-5,7,9,13,16H,2-3,6,8H2,1H3. The maximum Gasteiger partial charge on any atom is 0.146 e.